The molecule has 1 aromatic rings. The molecular weight excluding hydrogens is 190 g/mol. The molecule has 0 aliphatic carbocycles. The van der Waals surface area contributed by atoms with E-state index in [0.717, 1.165) is 0 Å². The number of nitrogens with one attached hydrogen (secondary N) is 1. The van der Waals surface area contributed by atoms with Gasteiger partial charge >= 0.3 is 6.09 Å². The van der Waals surface area contributed by atoms with Gasteiger partial charge in [-0.15, -0.1) is 10.2 Å². The van der Waals surface area contributed by atoms with Crippen LogP contribution in [-0.4, -0.2) is 22.9 Å². The molecule has 0 bridgehead atoms. The third-order valence-corrected chi connectivity index (χ3v) is 1.72. The molecule has 0 atom stereocenters. The van der Waals surface area contributed by atoms with Crippen molar-refractivity contribution in [3.63, 3.8) is 0 Å². The summed E-state index contributed by atoms with van der Waals surface area (Å²) in [5, 5.41) is 10.1. The second-order valence-electron chi connectivity index (χ2n) is 2.86. The standard InChI is InChI=1S/C7H11N3O2S/c1-5(2)3-12-7(11)9-6-10-8-4-13-6/h4-5H,3H2,1-2H3,(H,9,10,11). The molecule has 1 heterocycles. The third-order valence-electron chi connectivity index (χ3n) is 1.12. The van der Waals surface area contributed by atoms with Gasteiger partial charge in [0, 0.05) is 0 Å². The Morgan fingerprint density at radius 2 is 2.54 bits per heavy atom. The maximum atomic E-state index is 11.0. The first kappa shape index (κ1) is 9.91. The molecule has 1 amide bonds. The van der Waals surface area contributed by atoms with Crippen LogP contribution in [0.15, 0.2) is 5.51 Å². The summed E-state index contributed by atoms with van der Waals surface area (Å²) in [6, 6.07) is 0. The largest absolute Gasteiger partial charge is 0.449 e. The van der Waals surface area contributed by atoms with E-state index in [-0.39, 0.29) is 0 Å². The van der Waals surface area contributed by atoms with Gasteiger partial charge in [0.05, 0.1) is 6.61 Å². The molecule has 0 fully saturated rings. The molecule has 0 saturated carbocycles. The molecule has 0 aliphatic heterocycles. The van der Waals surface area contributed by atoms with Crippen molar-refractivity contribution >= 4 is 22.6 Å². The van der Waals surface area contributed by atoms with E-state index in [0.29, 0.717) is 17.7 Å². The highest BCUT2D eigenvalue weighted by molar-refractivity contribution is 7.13. The van der Waals surface area contributed by atoms with Gasteiger partial charge in [-0.25, -0.2) is 4.79 Å². The molecule has 1 N–H and O–H groups in total. The molecule has 0 spiro atoms. The minimum atomic E-state index is -0.481. The fourth-order valence-corrected chi connectivity index (χ4v) is 1.02. The van der Waals surface area contributed by atoms with Crippen molar-refractivity contribution in [2.45, 2.75) is 13.8 Å². The molecule has 13 heavy (non-hydrogen) atoms. The molecule has 0 saturated heterocycles. The maximum Gasteiger partial charge on any atom is 0.413 e. The Bertz CT molecular complexity index is 261. The van der Waals surface area contributed by atoms with Gasteiger partial charge in [0.25, 0.3) is 0 Å². The van der Waals surface area contributed by atoms with Crippen molar-refractivity contribution in [2.24, 2.45) is 5.92 Å². The van der Waals surface area contributed by atoms with E-state index in [4.69, 9.17) is 4.74 Å². The van der Waals surface area contributed by atoms with E-state index in [1.54, 1.807) is 0 Å². The Balaban J connectivity index is 2.26. The van der Waals surface area contributed by atoms with Gasteiger partial charge in [-0.1, -0.05) is 25.2 Å². The van der Waals surface area contributed by atoms with Crippen LogP contribution in [0, 0.1) is 5.92 Å². The van der Waals surface area contributed by atoms with E-state index in [2.05, 4.69) is 15.5 Å². The lowest BCUT2D eigenvalue weighted by molar-refractivity contribution is 0.147. The Morgan fingerprint density at radius 1 is 1.77 bits per heavy atom. The third kappa shape index (κ3) is 3.84. The lowest BCUT2D eigenvalue weighted by Gasteiger charge is -2.05. The van der Waals surface area contributed by atoms with Crippen molar-refractivity contribution in [1.82, 2.24) is 10.2 Å². The van der Waals surface area contributed by atoms with Gasteiger partial charge in [0.2, 0.25) is 5.13 Å². The summed E-state index contributed by atoms with van der Waals surface area (Å²) < 4.78 is 4.87. The molecule has 6 heteroatoms. The van der Waals surface area contributed by atoms with Crippen LogP contribution in [0.5, 0.6) is 0 Å². The molecule has 0 aromatic carbocycles. The highest BCUT2D eigenvalue weighted by Gasteiger charge is 2.05. The van der Waals surface area contributed by atoms with E-state index in [1.807, 2.05) is 13.8 Å². The number of anilines is 1. The van der Waals surface area contributed by atoms with Crippen LogP contribution in [0.4, 0.5) is 9.93 Å². The van der Waals surface area contributed by atoms with Crippen LogP contribution < -0.4 is 5.32 Å². The average molecular weight is 201 g/mol. The van der Waals surface area contributed by atoms with Crippen molar-refractivity contribution in [3.05, 3.63) is 5.51 Å². The zero-order valence-corrected chi connectivity index (χ0v) is 8.30. The number of hydrogen-bond donors (Lipinski definition) is 1. The number of hydrogen-bond acceptors (Lipinski definition) is 5. The number of rotatable bonds is 3. The molecule has 1 rings (SSSR count). The number of nitrogens with zero attached hydrogens (tertiary/aromatic N) is 2. The molecule has 0 unspecified atom stereocenters. The van der Waals surface area contributed by atoms with Crippen molar-refractivity contribution < 1.29 is 9.53 Å². The maximum absolute atomic E-state index is 11.0. The smallest absolute Gasteiger partial charge is 0.413 e. The fraction of sp³-hybridized carbons (Fsp3) is 0.571. The van der Waals surface area contributed by atoms with Gasteiger partial charge in [0.15, 0.2) is 0 Å². The monoisotopic (exact) mass is 201 g/mol. The summed E-state index contributed by atoms with van der Waals surface area (Å²) in [7, 11) is 0. The number of aromatic nitrogens is 2. The quantitative estimate of drug-likeness (QED) is 0.809. The van der Waals surface area contributed by atoms with Crippen LogP contribution >= 0.6 is 11.3 Å². The first-order chi connectivity index (χ1) is 6.18. The molecular formula is C7H11N3O2S. The van der Waals surface area contributed by atoms with Crippen LogP contribution in [0.25, 0.3) is 0 Å². The van der Waals surface area contributed by atoms with Crippen LogP contribution in [-0.2, 0) is 4.74 Å². The Morgan fingerprint density at radius 3 is 3.08 bits per heavy atom. The van der Waals surface area contributed by atoms with E-state index >= 15 is 0 Å². The van der Waals surface area contributed by atoms with Crippen LogP contribution in [0.3, 0.4) is 0 Å². The fourth-order valence-electron chi connectivity index (χ4n) is 0.593. The van der Waals surface area contributed by atoms with E-state index in [9.17, 15) is 4.79 Å². The van der Waals surface area contributed by atoms with Gasteiger partial charge in [-0.05, 0) is 5.92 Å². The number of carbonyl (C=O) groups excluding carboxylic acids is 1. The first-order valence-corrected chi connectivity index (χ1v) is 4.76. The van der Waals surface area contributed by atoms with Crippen molar-refractivity contribution in [1.29, 1.82) is 0 Å². The van der Waals surface area contributed by atoms with E-state index < -0.39 is 6.09 Å². The van der Waals surface area contributed by atoms with Crippen LogP contribution in [0.1, 0.15) is 13.8 Å². The topological polar surface area (TPSA) is 64.1 Å². The zero-order chi connectivity index (χ0) is 9.68. The minimum Gasteiger partial charge on any atom is -0.449 e. The molecule has 0 aliphatic rings. The molecule has 72 valence electrons. The number of ether oxygens (including phenoxy) is 1. The SMILES string of the molecule is CC(C)COC(=O)Nc1nncs1. The zero-order valence-electron chi connectivity index (χ0n) is 7.48. The van der Waals surface area contributed by atoms with Gasteiger partial charge in [-0.3, -0.25) is 5.32 Å². The first-order valence-electron chi connectivity index (χ1n) is 3.88. The summed E-state index contributed by atoms with van der Waals surface area (Å²) in [6.07, 6.45) is -0.481. The lowest BCUT2D eigenvalue weighted by Crippen LogP contribution is -2.16. The Labute approximate surface area is 80.1 Å². The lowest BCUT2D eigenvalue weighted by atomic mass is 10.2. The van der Waals surface area contributed by atoms with Crippen molar-refractivity contribution in [2.75, 3.05) is 11.9 Å². The Hall–Kier alpha value is -1.17. The number of amides is 1. The summed E-state index contributed by atoms with van der Waals surface area (Å²) in [4.78, 5) is 11.0. The molecule has 1 aromatic heterocycles. The van der Waals surface area contributed by atoms with Gasteiger partial charge in [0.1, 0.15) is 5.51 Å². The van der Waals surface area contributed by atoms with Gasteiger partial charge in [-0.2, -0.15) is 0 Å². The second kappa shape index (κ2) is 4.76. The Kier molecular flexibility index (Phi) is 3.63. The average Bonchev–Trinajstić information content (AvgIpc) is 2.53. The predicted octanol–water partition coefficient (Wildman–Crippen LogP) is 1.74. The highest BCUT2D eigenvalue weighted by atomic mass is 32.1. The summed E-state index contributed by atoms with van der Waals surface area (Å²) >= 11 is 1.25. The molecule has 5 nitrogen and oxygen atoms in total. The number of carbonyl (C=O) groups is 1. The minimum absolute atomic E-state index is 0.333. The van der Waals surface area contributed by atoms with Crippen LogP contribution in [0.2, 0.25) is 0 Å². The normalized spacial score (nSPS) is 10.1. The van der Waals surface area contributed by atoms with Gasteiger partial charge < -0.3 is 4.74 Å². The summed E-state index contributed by atoms with van der Waals surface area (Å²) in [5.41, 5.74) is 1.54. The van der Waals surface area contributed by atoms with E-state index in [1.165, 1.54) is 16.8 Å². The van der Waals surface area contributed by atoms with Crippen molar-refractivity contribution in [3.8, 4) is 0 Å². The predicted molar refractivity (Wildman–Crippen MR) is 49.7 cm³/mol. The molecule has 0 radical (unpaired) electrons. The second-order valence-corrected chi connectivity index (χ2v) is 3.69. The summed E-state index contributed by atoms with van der Waals surface area (Å²) in [6.45, 7) is 4.35. The highest BCUT2D eigenvalue weighted by Crippen LogP contribution is 2.08. The summed E-state index contributed by atoms with van der Waals surface area (Å²) in [5.74, 6) is 0.333.